The van der Waals surface area contributed by atoms with Gasteiger partial charge in [-0.2, -0.15) is 0 Å². The summed E-state index contributed by atoms with van der Waals surface area (Å²) in [5, 5.41) is 0. The molecule has 0 radical (unpaired) electrons. The van der Waals surface area contributed by atoms with Crippen LogP contribution in [0.5, 0.6) is 0 Å². The lowest BCUT2D eigenvalue weighted by Gasteiger charge is -2.21. The van der Waals surface area contributed by atoms with Crippen LogP contribution in [0, 0.1) is 23.6 Å². The Morgan fingerprint density at radius 2 is 1.89 bits per heavy atom. The van der Waals surface area contributed by atoms with Crippen molar-refractivity contribution >= 4 is 11.6 Å². The predicted molar refractivity (Wildman–Crippen MR) is 73.4 cm³/mol. The number of anilines is 1. The number of benzene rings is 1. The Balaban J connectivity index is 1.80. The lowest BCUT2D eigenvalue weighted by molar-refractivity contribution is -0.120. The van der Waals surface area contributed by atoms with Gasteiger partial charge in [0.1, 0.15) is 5.82 Å². The highest BCUT2D eigenvalue weighted by molar-refractivity contribution is 5.97. The third-order valence-electron chi connectivity index (χ3n) is 4.67. The summed E-state index contributed by atoms with van der Waals surface area (Å²) in [7, 11) is 0. The van der Waals surface area contributed by atoms with Crippen LogP contribution in [0.1, 0.15) is 32.6 Å². The van der Waals surface area contributed by atoms with E-state index in [1.807, 2.05) is 6.92 Å². The molecule has 3 rings (SSSR count). The molecular weight excluding hydrogens is 241 g/mol. The maximum absolute atomic E-state index is 13.8. The van der Waals surface area contributed by atoms with Gasteiger partial charge in [0, 0.05) is 12.5 Å². The number of halogens is 1. The molecule has 19 heavy (non-hydrogen) atoms. The molecule has 0 spiro atoms. The molecule has 2 fully saturated rings. The molecule has 2 saturated carbocycles. The number of rotatable bonds is 3. The van der Waals surface area contributed by atoms with Crippen LogP contribution in [0.2, 0.25) is 0 Å². The third kappa shape index (κ3) is 2.15. The van der Waals surface area contributed by atoms with Gasteiger partial charge in [-0.15, -0.1) is 0 Å². The minimum atomic E-state index is -0.304. The van der Waals surface area contributed by atoms with Gasteiger partial charge in [0.05, 0.1) is 5.69 Å². The second-order valence-corrected chi connectivity index (χ2v) is 5.67. The first-order chi connectivity index (χ1) is 9.24. The van der Waals surface area contributed by atoms with E-state index in [0.29, 0.717) is 24.1 Å². The number of carbonyl (C=O) groups excluding carboxylic acids is 1. The van der Waals surface area contributed by atoms with Crippen molar-refractivity contribution in [3.05, 3.63) is 30.1 Å². The Morgan fingerprint density at radius 3 is 2.47 bits per heavy atom. The summed E-state index contributed by atoms with van der Waals surface area (Å²) in [4.78, 5) is 14.2. The third-order valence-corrected chi connectivity index (χ3v) is 4.67. The summed E-state index contributed by atoms with van der Waals surface area (Å²) in [6.45, 7) is 2.45. The number of carbonyl (C=O) groups is 1. The van der Waals surface area contributed by atoms with Crippen molar-refractivity contribution in [2.75, 3.05) is 11.4 Å². The molecule has 3 heteroatoms. The number of amides is 1. The molecule has 0 aliphatic heterocycles. The Bertz CT molecular complexity index is 475. The van der Waals surface area contributed by atoms with E-state index in [0.717, 1.165) is 0 Å². The number of para-hydroxylation sites is 1. The van der Waals surface area contributed by atoms with Crippen LogP contribution in [0.3, 0.4) is 0 Å². The number of nitrogens with zero attached hydrogens (tertiary/aromatic N) is 1. The molecule has 2 aliphatic carbocycles. The fourth-order valence-corrected chi connectivity index (χ4v) is 3.65. The predicted octanol–water partition coefficient (Wildman–Crippen LogP) is 3.61. The molecule has 1 aromatic rings. The van der Waals surface area contributed by atoms with Gasteiger partial charge in [0.15, 0.2) is 0 Å². The molecule has 2 atom stereocenters. The first kappa shape index (κ1) is 12.6. The van der Waals surface area contributed by atoms with Gasteiger partial charge in [-0.05, 0) is 43.7 Å². The SMILES string of the molecule is CCN(C(=O)C1[C@H]2CCCC[C@H]12)c1ccccc1F. The zero-order chi connectivity index (χ0) is 13.4. The topological polar surface area (TPSA) is 20.3 Å². The average Bonchev–Trinajstić information content (AvgIpc) is 3.16. The number of fused-ring (bicyclic) bond motifs is 1. The van der Waals surface area contributed by atoms with Crippen molar-refractivity contribution in [3.63, 3.8) is 0 Å². The van der Waals surface area contributed by atoms with Crippen LogP contribution in [-0.2, 0) is 4.79 Å². The fourth-order valence-electron chi connectivity index (χ4n) is 3.65. The maximum atomic E-state index is 13.8. The Morgan fingerprint density at radius 1 is 1.26 bits per heavy atom. The largest absolute Gasteiger partial charge is 0.310 e. The van der Waals surface area contributed by atoms with E-state index in [1.54, 1.807) is 23.1 Å². The average molecular weight is 261 g/mol. The Labute approximate surface area is 113 Å². The molecule has 0 aromatic heterocycles. The van der Waals surface area contributed by atoms with E-state index in [9.17, 15) is 9.18 Å². The second-order valence-electron chi connectivity index (χ2n) is 5.67. The molecule has 0 saturated heterocycles. The van der Waals surface area contributed by atoms with Gasteiger partial charge in [-0.1, -0.05) is 25.0 Å². The van der Waals surface area contributed by atoms with Crippen LogP contribution in [0.4, 0.5) is 10.1 Å². The molecule has 0 heterocycles. The van der Waals surface area contributed by atoms with Crippen LogP contribution < -0.4 is 4.90 Å². The van der Waals surface area contributed by atoms with Gasteiger partial charge < -0.3 is 4.90 Å². The van der Waals surface area contributed by atoms with E-state index in [2.05, 4.69) is 0 Å². The zero-order valence-electron chi connectivity index (χ0n) is 11.3. The first-order valence-corrected chi connectivity index (χ1v) is 7.30. The highest BCUT2D eigenvalue weighted by atomic mass is 19.1. The smallest absolute Gasteiger partial charge is 0.230 e. The highest BCUT2D eigenvalue weighted by Crippen LogP contribution is 2.56. The quantitative estimate of drug-likeness (QED) is 0.814. The molecule has 102 valence electrons. The first-order valence-electron chi connectivity index (χ1n) is 7.30. The van der Waals surface area contributed by atoms with Crippen molar-refractivity contribution in [3.8, 4) is 0 Å². The van der Waals surface area contributed by atoms with Gasteiger partial charge in [-0.3, -0.25) is 4.79 Å². The molecule has 2 nitrogen and oxygen atoms in total. The van der Waals surface area contributed by atoms with Gasteiger partial charge in [-0.25, -0.2) is 4.39 Å². The van der Waals surface area contributed by atoms with E-state index in [1.165, 1.54) is 31.7 Å². The molecular formula is C16H20FNO. The van der Waals surface area contributed by atoms with Crippen LogP contribution >= 0.6 is 0 Å². The molecule has 0 bridgehead atoms. The molecule has 1 amide bonds. The minimum Gasteiger partial charge on any atom is -0.310 e. The zero-order valence-corrected chi connectivity index (χ0v) is 11.3. The summed E-state index contributed by atoms with van der Waals surface area (Å²) < 4.78 is 13.8. The van der Waals surface area contributed by atoms with E-state index in [4.69, 9.17) is 0 Å². The van der Waals surface area contributed by atoms with Gasteiger partial charge >= 0.3 is 0 Å². The Kier molecular flexibility index (Phi) is 3.29. The van der Waals surface area contributed by atoms with Gasteiger partial charge in [0.2, 0.25) is 5.91 Å². The second kappa shape index (κ2) is 4.95. The summed E-state index contributed by atoms with van der Waals surface area (Å²) >= 11 is 0. The van der Waals surface area contributed by atoms with E-state index < -0.39 is 0 Å². The molecule has 1 aromatic carbocycles. The van der Waals surface area contributed by atoms with Gasteiger partial charge in [0.25, 0.3) is 0 Å². The normalized spacial score (nSPS) is 28.6. The number of hydrogen-bond donors (Lipinski definition) is 0. The van der Waals surface area contributed by atoms with E-state index in [-0.39, 0.29) is 17.6 Å². The van der Waals surface area contributed by atoms with Crippen molar-refractivity contribution in [1.82, 2.24) is 0 Å². The van der Waals surface area contributed by atoms with Crippen molar-refractivity contribution < 1.29 is 9.18 Å². The minimum absolute atomic E-state index is 0.129. The van der Waals surface area contributed by atoms with Crippen LogP contribution in [0.15, 0.2) is 24.3 Å². The summed E-state index contributed by atoms with van der Waals surface area (Å²) in [6.07, 6.45) is 4.85. The summed E-state index contributed by atoms with van der Waals surface area (Å²) in [5.74, 6) is 1.12. The number of hydrogen-bond acceptors (Lipinski definition) is 1. The lowest BCUT2D eigenvalue weighted by atomic mass is 10.0. The molecule has 0 unspecified atom stereocenters. The maximum Gasteiger partial charge on any atom is 0.230 e. The van der Waals surface area contributed by atoms with Crippen molar-refractivity contribution in [2.45, 2.75) is 32.6 Å². The standard InChI is InChI=1S/C16H20FNO/c1-2-18(14-10-6-5-9-13(14)17)16(19)15-11-7-3-4-8-12(11)15/h5-6,9-12,15H,2-4,7-8H2,1H3/t11-,12-/m0/s1. The molecule has 0 N–H and O–H groups in total. The monoisotopic (exact) mass is 261 g/mol. The lowest BCUT2D eigenvalue weighted by Crippen LogP contribution is -2.33. The van der Waals surface area contributed by atoms with Crippen molar-refractivity contribution in [2.24, 2.45) is 17.8 Å². The fraction of sp³-hybridized carbons (Fsp3) is 0.562. The van der Waals surface area contributed by atoms with Crippen LogP contribution in [-0.4, -0.2) is 12.5 Å². The summed E-state index contributed by atoms with van der Waals surface area (Å²) in [5.41, 5.74) is 0.429. The highest BCUT2D eigenvalue weighted by Gasteiger charge is 2.55. The van der Waals surface area contributed by atoms with Crippen molar-refractivity contribution in [1.29, 1.82) is 0 Å². The van der Waals surface area contributed by atoms with Crippen LogP contribution in [0.25, 0.3) is 0 Å². The summed E-state index contributed by atoms with van der Waals surface area (Å²) in [6, 6.07) is 6.57. The van der Waals surface area contributed by atoms with E-state index >= 15 is 0 Å². The molecule has 2 aliphatic rings. The Hall–Kier alpha value is -1.38.